The van der Waals surface area contributed by atoms with Crippen molar-refractivity contribution in [3.05, 3.63) is 71.7 Å². The Morgan fingerprint density at radius 3 is 2.74 bits per heavy atom. The number of furan rings is 1. The Morgan fingerprint density at radius 1 is 1.16 bits per heavy atom. The first-order valence-electron chi connectivity index (χ1n) is 9.39. The summed E-state index contributed by atoms with van der Waals surface area (Å²) in [5.74, 6) is -0.540. The molecule has 0 saturated carbocycles. The number of para-hydroxylation sites is 1. The molecule has 0 aliphatic rings. The third kappa shape index (κ3) is 4.50. The number of sulfonamides is 1. The van der Waals surface area contributed by atoms with Crippen LogP contribution in [0.15, 0.2) is 63.9 Å². The lowest BCUT2D eigenvalue weighted by molar-refractivity contribution is 0.0944. The summed E-state index contributed by atoms with van der Waals surface area (Å²) in [6.07, 6.45) is 0. The van der Waals surface area contributed by atoms with Crippen LogP contribution in [0.2, 0.25) is 0 Å². The van der Waals surface area contributed by atoms with Crippen LogP contribution in [0.1, 0.15) is 23.0 Å². The maximum Gasteiger partial charge on any atom is 0.254 e. The second-order valence-corrected chi connectivity index (χ2v) is 9.38. The molecule has 0 atom stereocenters. The molecule has 2 N–H and O–H groups in total. The molecule has 4 rings (SSSR count). The van der Waals surface area contributed by atoms with Crippen LogP contribution < -0.4 is 10.0 Å². The molecule has 7 nitrogen and oxygen atoms in total. The van der Waals surface area contributed by atoms with Crippen molar-refractivity contribution in [1.29, 1.82) is 0 Å². The topological polar surface area (TPSA) is 101 Å². The molecule has 160 valence electrons. The Bertz CT molecular complexity index is 1330. The number of nitrogens with one attached hydrogen (secondary N) is 2. The summed E-state index contributed by atoms with van der Waals surface area (Å²) in [6, 6.07) is 14.3. The standard InChI is InChI=1S/C21H18FN3O4S2/c1-2-24-31(27,28)14-8-9-16(22)15(11-14)20(26)23-12-13-7-10-18(29-13)21-25-17-5-3-4-6-19(17)30-21/h3-11,24H,2,12H2,1H3,(H,23,26). The van der Waals surface area contributed by atoms with E-state index in [9.17, 15) is 17.6 Å². The summed E-state index contributed by atoms with van der Waals surface area (Å²) in [6.45, 7) is 1.81. The average Bonchev–Trinajstić information content (AvgIpc) is 3.39. The van der Waals surface area contributed by atoms with E-state index in [-0.39, 0.29) is 23.5 Å². The van der Waals surface area contributed by atoms with Crippen molar-refractivity contribution in [2.45, 2.75) is 18.4 Å². The lowest BCUT2D eigenvalue weighted by Crippen LogP contribution is -2.26. The van der Waals surface area contributed by atoms with Gasteiger partial charge in [-0.2, -0.15) is 0 Å². The molecule has 0 fully saturated rings. The van der Waals surface area contributed by atoms with Crippen molar-refractivity contribution in [2.75, 3.05) is 6.54 Å². The molecule has 0 aliphatic heterocycles. The number of fused-ring (bicyclic) bond motifs is 1. The van der Waals surface area contributed by atoms with Gasteiger partial charge in [0.25, 0.3) is 5.91 Å². The molecule has 10 heteroatoms. The molecule has 1 amide bonds. The molecule has 0 spiro atoms. The van der Waals surface area contributed by atoms with E-state index in [1.54, 1.807) is 19.1 Å². The number of rotatable bonds is 7. The van der Waals surface area contributed by atoms with Gasteiger partial charge in [-0.15, -0.1) is 11.3 Å². The number of thiazole rings is 1. The van der Waals surface area contributed by atoms with Crippen molar-refractivity contribution in [2.24, 2.45) is 0 Å². The minimum absolute atomic E-state index is 0.00730. The van der Waals surface area contributed by atoms with Crippen LogP contribution in [0.25, 0.3) is 21.0 Å². The van der Waals surface area contributed by atoms with Crippen molar-refractivity contribution in [3.8, 4) is 10.8 Å². The number of benzene rings is 2. The van der Waals surface area contributed by atoms with Gasteiger partial charge in [-0.3, -0.25) is 4.79 Å². The minimum atomic E-state index is -3.81. The van der Waals surface area contributed by atoms with Gasteiger partial charge in [-0.1, -0.05) is 19.1 Å². The third-order valence-electron chi connectivity index (χ3n) is 4.42. The predicted molar refractivity (Wildman–Crippen MR) is 116 cm³/mol. The lowest BCUT2D eigenvalue weighted by Gasteiger charge is -2.08. The van der Waals surface area contributed by atoms with E-state index in [0.717, 1.165) is 28.4 Å². The average molecular weight is 460 g/mol. The van der Waals surface area contributed by atoms with Gasteiger partial charge < -0.3 is 9.73 Å². The summed E-state index contributed by atoms with van der Waals surface area (Å²) in [7, 11) is -3.81. The molecule has 4 aromatic rings. The zero-order valence-electron chi connectivity index (χ0n) is 16.4. The highest BCUT2D eigenvalue weighted by Gasteiger charge is 2.19. The Hall–Kier alpha value is -3.08. The van der Waals surface area contributed by atoms with E-state index in [0.29, 0.717) is 16.5 Å². The van der Waals surface area contributed by atoms with E-state index in [1.807, 2.05) is 24.3 Å². The molecule has 0 unspecified atom stereocenters. The summed E-state index contributed by atoms with van der Waals surface area (Å²) < 4.78 is 47.5. The fraction of sp³-hybridized carbons (Fsp3) is 0.143. The normalized spacial score (nSPS) is 11.7. The molecule has 0 saturated heterocycles. The first kappa shape index (κ1) is 21.2. The zero-order chi connectivity index (χ0) is 22.0. The predicted octanol–water partition coefficient (Wildman–Crippen LogP) is 3.92. The monoisotopic (exact) mass is 459 g/mol. The summed E-state index contributed by atoms with van der Waals surface area (Å²) in [4.78, 5) is 16.8. The SMILES string of the molecule is CCNS(=O)(=O)c1ccc(F)c(C(=O)NCc2ccc(-c3nc4ccccc4s3)o2)c1. The number of carbonyl (C=O) groups excluding carboxylic acids is 1. The van der Waals surface area contributed by atoms with E-state index < -0.39 is 21.7 Å². The molecular formula is C21H18FN3O4S2. The van der Waals surface area contributed by atoms with Crippen LogP contribution in [0.5, 0.6) is 0 Å². The van der Waals surface area contributed by atoms with Gasteiger partial charge in [-0.25, -0.2) is 22.5 Å². The number of nitrogens with zero attached hydrogens (tertiary/aromatic N) is 1. The highest BCUT2D eigenvalue weighted by molar-refractivity contribution is 7.89. The summed E-state index contributed by atoms with van der Waals surface area (Å²) in [5.41, 5.74) is 0.508. The number of amides is 1. The van der Waals surface area contributed by atoms with Crippen LogP contribution >= 0.6 is 11.3 Å². The number of hydrogen-bond acceptors (Lipinski definition) is 6. The first-order chi connectivity index (χ1) is 14.9. The Morgan fingerprint density at radius 2 is 1.97 bits per heavy atom. The van der Waals surface area contributed by atoms with Crippen LogP contribution in [0.4, 0.5) is 4.39 Å². The highest BCUT2D eigenvalue weighted by Crippen LogP contribution is 2.31. The molecule has 2 aromatic carbocycles. The Labute approximate surface area is 182 Å². The van der Waals surface area contributed by atoms with E-state index in [2.05, 4.69) is 15.0 Å². The van der Waals surface area contributed by atoms with Crippen molar-refractivity contribution in [1.82, 2.24) is 15.0 Å². The van der Waals surface area contributed by atoms with E-state index >= 15 is 0 Å². The van der Waals surface area contributed by atoms with Crippen LogP contribution in [-0.2, 0) is 16.6 Å². The third-order valence-corrected chi connectivity index (χ3v) is 7.01. The number of hydrogen-bond donors (Lipinski definition) is 2. The van der Waals surface area contributed by atoms with E-state index in [4.69, 9.17) is 4.42 Å². The fourth-order valence-electron chi connectivity index (χ4n) is 2.95. The van der Waals surface area contributed by atoms with Crippen molar-refractivity contribution < 1.29 is 22.0 Å². The van der Waals surface area contributed by atoms with Crippen LogP contribution in [0, 0.1) is 5.82 Å². The van der Waals surface area contributed by atoms with Gasteiger partial charge in [0.05, 0.1) is 27.2 Å². The maximum atomic E-state index is 14.1. The summed E-state index contributed by atoms with van der Waals surface area (Å²) in [5, 5.41) is 3.27. The molecule has 0 radical (unpaired) electrons. The molecule has 31 heavy (non-hydrogen) atoms. The Balaban J connectivity index is 1.48. The van der Waals surface area contributed by atoms with Gasteiger partial charge in [-0.05, 0) is 42.5 Å². The quantitative estimate of drug-likeness (QED) is 0.436. The number of aromatic nitrogens is 1. The smallest absolute Gasteiger partial charge is 0.254 e. The fourth-order valence-corrected chi connectivity index (χ4v) is 4.94. The molecule has 2 aromatic heterocycles. The second kappa shape index (κ2) is 8.58. The van der Waals surface area contributed by atoms with Gasteiger partial charge in [0.15, 0.2) is 10.8 Å². The van der Waals surface area contributed by atoms with Crippen molar-refractivity contribution in [3.63, 3.8) is 0 Å². The molecule has 0 bridgehead atoms. The number of halogens is 1. The largest absolute Gasteiger partial charge is 0.457 e. The number of carbonyl (C=O) groups is 1. The van der Waals surface area contributed by atoms with Crippen molar-refractivity contribution >= 4 is 37.5 Å². The second-order valence-electron chi connectivity index (χ2n) is 6.58. The van der Waals surface area contributed by atoms with Crippen LogP contribution in [-0.4, -0.2) is 25.9 Å². The Kier molecular flexibility index (Phi) is 5.86. The van der Waals surface area contributed by atoms with Gasteiger partial charge in [0.2, 0.25) is 10.0 Å². The van der Waals surface area contributed by atoms with Gasteiger partial charge in [0, 0.05) is 6.54 Å². The molecular weight excluding hydrogens is 441 g/mol. The van der Waals surface area contributed by atoms with Gasteiger partial charge >= 0.3 is 0 Å². The highest BCUT2D eigenvalue weighted by atomic mass is 32.2. The van der Waals surface area contributed by atoms with E-state index in [1.165, 1.54) is 11.3 Å². The molecule has 2 heterocycles. The minimum Gasteiger partial charge on any atom is -0.457 e. The summed E-state index contributed by atoms with van der Waals surface area (Å²) >= 11 is 1.49. The first-order valence-corrected chi connectivity index (χ1v) is 11.7. The van der Waals surface area contributed by atoms with Crippen LogP contribution in [0.3, 0.4) is 0 Å². The molecule has 0 aliphatic carbocycles. The van der Waals surface area contributed by atoms with Gasteiger partial charge in [0.1, 0.15) is 11.6 Å². The lowest BCUT2D eigenvalue weighted by atomic mass is 10.2. The maximum absolute atomic E-state index is 14.1. The zero-order valence-corrected chi connectivity index (χ0v) is 18.0.